The van der Waals surface area contributed by atoms with Crippen molar-refractivity contribution >= 4 is 12.2 Å². The molecule has 0 aliphatic carbocycles. The number of likely N-dealkylation sites (tertiary alicyclic amines) is 1. The molecule has 2 heterocycles. The molecular formula is C21H25N5O2S. The Morgan fingerprint density at radius 3 is 2.45 bits per heavy atom. The molecule has 8 heteroatoms. The first-order valence-electron chi connectivity index (χ1n) is 9.83. The van der Waals surface area contributed by atoms with Crippen molar-refractivity contribution < 1.29 is 9.47 Å². The molecule has 1 atom stereocenters. The number of rotatable bonds is 7. The van der Waals surface area contributed by atoms with Crippen LogP contribution in [0.1, 0.15) is 31.4 Å². The van der Waals surface area contributed by atoms with E-state index >= 15 is 0 Å². The fourth-order valence-electron chi connectivity index (χ4n) is 3.75. The molecule has 1 fully saturated rings. The van der Waals surface area contributed by atoms with Gasteiger partial charge in [0.2, 0.25) is 4.77 Å². The zero-order valence-electron chi connectivity index (χ0n) is 16.7. The maximum absolute atomic E-state index is 5.63. The first-order chi connectivity index (χ1) is 14.2. The molecule has 0 unspecified atom stereocenters. The molecule has 1 aliphatic rings. The topological polar surface area (TPSA) is 57.3 Å². The van der Waals surface area contributed by atoms with Crippen LogP contribution < -0.4 is 9.47 Å². The van der Waals surface area contributed by atoms with Crippen LogP contribution >= 0.6 is 12.2 Å². The molecular weight excluding hydrogens is 386 g/mol. The zero-order valence-corrected chi connectivity index (χ0v) is 17.5. The van der Waals surface area contributed by atoms with Gasteiger partial charge in [0.25, 0.3) is 0 Å². The highest BCUT2D eigenvalue weighted by Crippen LogP contribution is 2.33. The Morgan fingerprint density at radius 1 is 1.03 bits per heavy atom. The third kappa shape index (κ3) is 4.18. The van der Waals surface area contributed by atoms with Crippen LogP contribution in [-0.4, -0.2) is 45.0 Å². The summed E-state index contributed by atoms with van der Waals surface area (Å²) in [5.41, 5.74) is 2.16. The van der Waals surface area contributed by atoms with Crippen LogP contribution in [0.25, 0.3) is 5.69 Å². The van der Waals surface area contributed by atoms with Crippen LogP contribution in [0.15, 0.2) is 48.5 Å². The summed E-state index contributed by atoms with van der Waals surface area (Å²) in [5, 5.41) is 8.55. The van der Waals surface area contributed by atoms with Crippen molar-refractivity contribution in [3.8, 4) is 17.2 Å². The van der Waals surface area contributed by atoms with Gasteiger partial charge in [-0.15, -0.1) is 0 Å². The first kappa shape index (κ1) is 19.6. The van der Waals surface area contributed by atoms with Crippen LogP contribution in [0, 0.1) is 4.77 Å². The minimum absolute atomic E-state index is 0.346. The summed E-state index contributed by atoms with van der Waals surface area (Å²) in [4.78, 5) is 2.40. The van der Waals surface area contributed by atoms with Crippen molar-refractivity contribution in [1.29, 1.82) is 0 Å². The second-order valence-corrected chi connectivity index (χ2v) is 7.35. The summed E-state index contributed by atoms with van der Waals surface area (Å²) >= 11 is 5.63. The lowest BCUT2D eigenvalue weighted by atomic mass is 10.0. The van der Waals surface area contributed by atoms with E-state index in [4.69, 9.17) is 21.7 Å². The van der Waals surface area contributed by atoms with Gasteiger partial charge in [0.15, 0.2) is 0 Å². The summed E-state index contributed by atoms with van der Waals surface area (Å²) in [7, 11) is 1.65. The van der Waals surface area contributed by atoms with Gasteiger partial charge in [0, 0.05) is 12.6 Å². The molecule has 152 valence electrons. The summed E-state index contributed by atoms with van der Waals surface area (Å²) in [6, 6.07) is 16.4. The Labute approximate surface area is 175 Å². The van der Waals surface area contributed by atoms with Crippen molar-refractivity contribution in [2.24, 2.45) is 0 Å². The van der Waals surface area contributed by atoms with Gasteiger partial charge in [-0.05, 0) is 84.4 Å². The molecule has 0 saturated carbocycles. The largest absolute Gasteiger partial charge is 0.497 e. The van der Waals surface area contributed by atoms with E-state index in [1.807, 2.05) is 43.3 Å². The van der Waals surface area contributed by atoms with Crippen LogP contribution in [0.4, 0.5) is 0 Å². The Kier molecular flexibility index (Phi) is 5.92. The maximum atomic E-state index is 5.63. The lowest BCUT2D eigenvalue weighted by molar-refractivity contribution is 0.188. The molecule has 3 aromatic rings. The highest BCUT2D eigenvalue weighted by Gasteiger charge is 2.27. The number of ether oxygens (including phenoxy) is 2. The number of nitrogens with zero attached hydrogens (tertiary/aromatic N) is 5. The van der Waals surface area contributed by atoms with Gasteiger partial charge >= 0.3 is 0 Å². The van der Waals surface area contributed by atoms with E-state index in [0.717, 1.165) is 36.6 Å². The minimum atomic E-state index is 0.346. The normalized spacial score (nSPS) is 16.8. The van der Waals surface area contributed by atoms with E-state index < -0.39 is 0 Å². The van der Waals surface area contributed by atoms with Gasteiger partial charge in [0.05, 0.1) is 26.1 Å². The van der Waals surface area contributed by atoms with E-state index in [1.54, 1.807) is 16.5 Å². The molecule has 4 rings (SSSR count). The van der Waals surface area contributed by atoms with Gasteiger partial charge in [0.1, 0.15) is 11.5 Å². The van der Waals surface area contributed by atoms with Crippen LogP contribution in [-0.2, 0) is 6.67 Å². The first-order valence-corrected chi connectivity index (χ1v) is 10.2. The average Bonchev–Trinajstić information content (AvgIpc) is 3.36. The number of methoxy groups -OCH3 is 1. The van der Waals surface area contributed by atoms with Crippen molar-refractivity contribution in [3.05, 3.63) is 58.9 Å². The standard InChI is InChI=1S/C21H25N5O2S/c1-3-28-19-10-6-16(7-11-19)20-5-4-14-24(20)15-25-21(29)26(23-22-25)17-8-12-18(27-2)13-9-17/h6-13,20H,3-5,14-15H2,1-2H3/t20-/m1/s1. The molecule has 1 aliphatic heterocycles. The Hall–Kier alpha value is -2.71. The highest BCUT2D eigenvalue weighted by molar-refractivity contribution is 7.71. The number of tetrazole rings is 1. The van der Waals surface area contributed by atoms with Crippen LogP contribution in [0.2, 0.25) is 0 Å². The second-order valence-electron chi connectivity index (χ2n) is 6.98. The predicted molar refractivity (Wildman–Crippen MR) is 113 cm³/mol. The van der Waals surface area contributed by atoms with Crippen molar-refractivity contribution in [1.82, 2.24) is 24.7 Å². The second kappa shape index (κ2) is 8.75. The zero-order chi connectivity index (χ0) is 20.2. The van der Waals surface area contributed by atoms with Crippen LogP contribution in [0.3, 0.4) is 0 Å². The Bertz CT molecular complexity index is 997. The Morgan fingerprint density at radius 2 is 1.76 bits per heavy atom. The number of hydrogen-bond acceptors (Lipinski definition) is 6. The quantitative estimate of drug-likeness (QED) is 0.548. The molecule has 0 amide bonds. The lowest BCUT2D eigenvalue weighted by Gasteiger charge is -2.24. The summed E-state index contributed by atoms with van der Waals surface area (Å²) in [6.45, 7) is 4.30. The summed E-state index contributed by atoms with van der Waals surface area (Å²) in [5.74, 6) is 1.70. The monoisotopic (exact) mass is 411 g/mol. The van der Waals surface area contributed by atoms with Gasteiger partial charge in [-0.1, -0.05) is 12.1 Å². The smallest absolute Gasteiger partial charge is 0.221 e. The average molecular weight is 412 g/mol. The molecule has 2 aromatic carbocycles. The fraction of sp³-hybridized carbons (Fsp3) is 0.381. The summed E-state index contributed by atoms with van der Waals surface area (Å²) in [6.07, 6.45) is 2.27. The van der Waals surface area contributed by atoms with E-state index in [-0.39, 0.29) is 0 Å². The molecule has 1 saturated heterocycles. The van der Waals surface area contributed by atoms with Crippen molar-refractivity contribution in [2.75, 3.05) is 20.3 Å². The molecule has 0 N–H and O–H groups in total. The number of aromatic nitrogens is 4. The fourth-order valence-corrected chi connectivity index (χ4v) is 3.98. The molecule has 7 nitrogen and oxygen atoms in total. The van der Waals surface area contributed by atoms with Gasteiger partial charge < -0.3 is 9.47 Å². The van der Waals surface area contributed by atoms with Gasteiger partial charge in [-0.3, -0.25) is 4.90 Å². The maximum Gasteiger partial charge on any atom is 0.221 e. The number of hydrogen-bond donors (Lipinski definition) is 0. The highest BCUT2D eigenvalue weighted by atomic mass is 32.1. The Balaban J connectivity index is 1.51. The molecule has 1 aromatic heterocycles. The lowest BCUT2D eigenvalue weighted by Crippen LogP contribution is -2.27. The van der Waals surface area contributed by atoms with E-state index in [0.29, 0.717) is 24.1 Å². The molecule has 0 radical (unpaired) electrons. The molecule has 29 heavy (non-hydrogen) atoms. The van der Waals surface area contributed by atoms with Crippen molar-refractivity contribution in [2.45, 2.75) is 32.5 Å². The summed E-state index contributed by atoms with van der Waals surface area (Å²) < 4.78 is 14.8. The molecule has 0 bridgehead atoms. The molecule has 0 spiro atoms. The third-order valence-electron chi connectivity index (χ3n) is 5.21. The third-order valence-corrected chi connectivity index (χ3v) is 5.60. The SMILES string of the molecule is CCOc1ccc([C@H]2CCCN2Cn2nnn(-c3ccc(OC)cc3)c2=S)cc1. The predicted octanol–water partition coefficient (Wildman–Crippen LogP) is 4.00. The minimum Gasteiger partial charge on any atom is -0.497 e. The van der Waals surface area contributed by atoms with E-state index in [9.17, 15) is 0 Å². The van der Waals surface area contributed by atoms with E-state index in [1.165, 1.54) is 5.56 Å². The van der Waals surface area contributed by atoms with Crippen LogP contribution in [0.5, 0.6) is 11.5 Å². The van der Waals surface area contributed by atoms with Crippen molar-refractivity contribution in [3.63, 3.8) is 0 Å². The van der Waals surface area contributed by atoms with E-state index in [2.05, 4.69) is 27.5 Å². The van der Waals surface area contributed by atoms with Gasteiger partial charge in [-0.25, -0.2) is 4.68 Å². The van der Waals surface area contributed by atoms with Gasteiger partial charge in [-0.2, -0.15) is 4.68 Å². The number of benzene rings is 2.